The fourth-order valence-electron chi connectivity index (χ4n) is 5.73. The number of aryl methyl sites for hydroxylation is 1. The van der Waals surface area contributed by atoms with Gasteiger partial charge in [0.2, 0.25) is 11.7 Å². The Morgan fingerprint density at radius 3 is 2.34 bits per heavy atom. The molecule has 3 aromatic rings. The number of allylic oxidation sites excluding steroid dienone is 3. The van der Waals surface area contributed by atoms with E-state index in [1.54, 1.807) is 31.2 Å². The van der Waals surface area contributed by atoms with E-state index >= 15 is 0 Å². The number of benzene rings is 2. The Labute approximate surface area is 216 Å². The lowest BCUT2D eigenvalue weighted by molar-refractivity contribution is -0.138. The van der Waals surface area contributed by atoms with Crippen molar-refractivity contribution in [1.82, 2.24) is 10.1 Å². The van der Waals surface area contributed by atoms with E-state index in [0.29, 0.717) is 54.3 Å². The predicted octanol–water partition coefficient (Wildman–Crippen LogP) is 6.88. The summed E-state index contributed by atoms with van der Waals surface area (Å²) in [5.41, 5.74) is 3.54. The van der Waals surface area contributed by atoms with Crippen molar-refractivity contribution in [3.63, 3.8) is 0 Å². The zero-order valence-corrected chi connectivity index (χ0v) is 20.6. The zero-order valence-electron chi connectivity index (χ0n) is 20.6. The predicted molar refractivity (Wildman–Crippen MR) is 132 cm³/mol. The number of hydrogen-bond donors (Lipinski definition) is 1. The van der Waals surface area contributed by atoms with E-state index < -0.39 is 17.7 Å². The van der Waals surface area contributed by atoms with Crippen molar-refractivity contribution in [3.8, 4) is 17.1 Å². The summed E-state index contributed by atoms with van der Waals surface area (Å²) in [6.45, 7) is 1.68. The second-order valence-corrected chi connectivity index (χ2v) is 10.1. The number of hydrogen-bond acceptors (Lipinski definition) is 5. The fraction of sp³-hybridized carbons (Fsp3) is 0.345. The molecule has 1 heterocycles. The number of carbonyl (C=O) groups is 1. The van der Waals surface area contributed by atoms with Crippen molar-refractivity contribution < 1.29 is 32.3 Å². The maximum absolute atomic E-state index is 14.1. The first kappa shape index (κ1) is 24.5. The van der Waals surface area contributed by atoms with Crippen LogP contribution < -0.4 is 4.74 Å². The average molecular weight is 523 g/mol. The summed E-state index contributed by atoms with van der Waals surface area (Å²) in [6.07, 6.45) is -2.77. The maximum Gasteiger partial charge on any atom is 0.413 e. The molecule has 0 unspecified atom stereocenters. The Morgan fingerprint density at radius 1 is 1.03 bits per heavy atom. The van der Waals surface area contributed by atoms with Gasteiger partial charge in [-0.15, -0.1) is 0 Å². The molecule has 9 heteroatoms. The Bertz CT molecular complexity index is 1450. The van der Waals surface area contributed by atoms with Crippen molar-refractivity contribution in [1.29, 1.82) is 0 Å². The third-order valence-electron chi connectivity index (χ3n) is 7.68. The normalized spacial score (nSPS) is 23.0. The van der Waals surface area contributed by atoms with Gasteiger partial charge in [-0.25, -0.2) is 0 Å². The molecule has 3 atom stereocenters. The van der Waals surface area contributed by atoms with E-state index in [2.05, 4.69) is 10.1 Å². The number of halogens is 3. The molecule has 6 rings (SSSR count). The smallest absolute Gasteiger partial charge is 0.413 e. The summed E-state index contributed by atoms with van der Waals surface area (Å²) in [5, 5.41) is 13.1. The maximum atomic E-state index is 14.1. The first-order chi connectivity index (χ1) is 18.2. The van der Waals surface area contributed by atoms with Crippen LogP contribution in [0.5, 0.6) is 5.75 Å². The van der Waals surface area contributed by atoms with Gasteiger partial charge in [-0.05, 0) is 78.0 Å². The van der Waals surface area contributed by atoms with Gasteiger partial charge in [0.1, 0.15) is 11.9 Å². The van der Waals surface area contributed by atoms with Crippen LogP contribution in [-0.4, -0.2) is 33.5 Å². The molecule has 3 aliphatic rings. The molecular formula is C29H25F3N2O4. The SMILES string of the molecule is Cc1nc(-c2ccc(C3=C(C(F)(F)F)CCC4=C3CC[C@H]4Oc3ccc([C@H]4C[C@@H]4C(=O)O)cc3)cc2)no1. The molecule has 1 aromatic heterocycles. The fourth-order valence-corrected chi connectivity index (χ4v) is 5.73. The number of ether oxygens (including phenoxy) is 1. The summed E-state index contributed by atoms with van der Waals surface area (Å²) in [4.78, 5) is 15.3. The lowest BCUT2D eigenvalue weighted by atomic mass is 9.82. The van der Waals surface area contributed by atoms with Crippen LogP contribution in [0, 0.1) is 12.8 Å². The minimum atomic E-state index is -4.43. The van der Waals surface area contributed by atoms with Crippen LogP contribution in [0.2, 0.25) is 0 Å². The third kappa shape index (κ3) is 4.50. The molecule has 1 N–H and O–H groups in total. The van der Waals surface area contributed by atoms with Crippen LogP contribution >= 0.6 is 0 Å². The molecule has 0 amide bonds. The minimum Gasteiger partial charge on any atom is -0.486 e. The van der Waals surface area contributed by atoms with Gasteiger partial charge in [0, 0.05) is 18.1 Å². The highest BCUT2D eigenvalue weighted by Crippen LogP contribution is 2.50. The van der Waals surface area contributed by atoms with Gasteiger partial charge in [0.15, 0.2) is 0 Å². The van der Waals surface area contributed by atoms with E-state index in [1.165, 1.54) is 0 Å². The summed E-state index contributed by atoms with van der Waals surface area (Å²) in [6, 6.07) is 14.2. The van der Waals surface area contributed by atoms with Crippen LogP contribution in [0.1, 0.15) is 55.0 Å². The van der Waals surface area contributed by atoms with E-state index in [-0.39, 0.29) is 29.9 Å². The van der Waals surface area contributed by atoms with Crippen LogP contribution in [0.25, 0.3) is 17.0 Å². The molecule has 0 radical (unpaired) electrons. The second kappa shape index (κ2) is 9.15. The highest BCUT2D eigenvalue weighted by molar-refractivity contribution is 5.85. The van der Waals surface area contributed by atoms with Crippen molar-refractivity contribution >= 4 is 11.5 Å². The molecule has 3 aliphatic carbocycles. The molecule has 196 valence electrons. The number of nitrogens with zero attached hydrogens (tertiary/aromatic N) is 2. The van der Waals surface area contributed by atoms with Gasteiger partial charge in [-0.3, -0.25) is 4.79 Å². The van der Waals surface area contributed by atoms with Crippen LogP contribution in [-0.2, 0) is 4.79 Å². The third-order valence-corrected chi connectivity index (χ3v) is 7.68. The molecule has 2 aromatic carbocycles. The summed E-state index contributed by atoms with van der Waals surface area (Å²) >= 11 is 0. The zero-order chi connectivity index (χ0) is 26.6. The summed E-state index contributed by atoms with van der Waals surface area (Å²) in [7, 11) is 0. The summed E-state index contributed by atoms with van der Waals surface area (Å²) < 4.78 is 53.7. The number of alkyl halides is 3. The Hall–Kier alpha value is -3.88. The first-order valence-corrected chi connectivity index (χ1v) is 12.6. The van der Waals surface area contributed by atoms with Crippen LogP contribution in [0.3, 0.4) is 0 Å². The van der Waals surface area contributed by atoms with E-state index in [0.717, 1.165) is 16.7 Å². The first-order valence-electron chi connectivity index (χ1n) is 12.6. The largest absolute Gasteiger partial charge is 0.486 e. The summed E-state index contributed by atoms with van der Waals surface area (Å²) in [5.74, 6) is 0.362. The quantitative estimate of drug-likeness (QED) is 0.380. The molecule has 38 heavy (non-hydrogen) atoms. The Kier molecular flexibility index (Phi) is 5.89. The topological polar surface area (TPSA) is 85.5 Å². The molecular weight excluding hydrogens is 497 g/mol. The standard InChI is InChI=1S/C29H25F3N2O4/c1-15-33-27(34-38-15)18-4-2-17(3-5-18)26-21-11-13-25(20(21)10-12-24(26)29(30,31)32)37-19-8-6-16(7-9-19)22-14-23(22)28(35)36/h2-9,22-23,25H,10-14H2,1H3,(H,35,36)/t22-,23+,25-/m1/s1. The van der Waals surface area contributed by atoms with Gasteiger partial charge in [-0.2, -0.15) is 18.2 Å². The molecule has 0 bridgehead atoms. The van der Waals surface area contributed by atoms with E-state index in [1.807, 2.05) is 24.3 Å². The average Bonchev–Trinajstić information content (AvgIpc) is 3.43. The molecule has 6 nitrogen and oxygen atoms in total. The van der Waals surface area contributed by atoms with Crippen molar-refractivity contribution in [3.05, 3.63) is 82.3 Å². The van der Waals surface area contributed by atoms with Gasteiger partial charge in [0.25, 0.3) is 0 Å². The highest BCUT2D eigenvalue weighted by Gasteiger charge is 2.44. The van der Waals surface area contributed by atoms with E-state index in [4.69, 9.17) is 14.4 Å². The molecule has 1 saturated carbocycles. The van der Waals surface area contributed by atoms with Crippen molar-refractivity contribution in [2.45, 2.75) is 57.2 Å². The Balaban J connectivity index is 1.27. The highest BCUT2D eigenvalue weighted by atomic mass is 19.4. The number of carboxylic acid groups (broad SMARTS) is 1. The second-order valence-electron chi connectivity index (χ2n) is 10.1. The van der Waals surface area contributed by atoms with E-state index in [9.17, 15) is 18.0 Å². The Morgan fingerprint density at radius 2 is 1.74 bits per heavy atom. The monoisotopic (exact) mass is 522 g/mol. The number of carboxylic acids is 1. The lowest BCUT2D eigenvalue weighted by Crippen LogP contribution is -2.21. The molecule has 1 fully saturated rings. The number of aliphatic carboxylic acids is 1. The van der Waals surface area contributed by atoms with Gasteiger partial charge < -0.3 is 14.4 Å². The van der Waals surface area contributed by atoms with Crippen LogP contribution in [0.4, 0.5) is 13.2 Å². The van der Waals surface area contributed by atoms with Crippen molar-refractivity contribution in [2.24, 2.45) is 5.92 Å². The molecule has 0 aliphatic heterocycles. The van der Waals surface area contributed by atoms with Crippen LogP contribution in [0.15, 0.2) is 69.8 Å². The number of rotatable bonds is 6. The molecule has 0 saturated heterocycles. The number of aromatic nitrogens is 2. The lowest BCUT2D eigenvalue weighted by Gasteiger charge is -2.27. The molecule has 0 spiro atoms. The van der Waals surface area contributed by atoms with Gasteiger partial charge in [-0.1, -0.05) is 41.6 Å². The van der Waals surface area contributed by atoms with Crippen molar-refractivity contribution in [2.75, 3.05) is 0 Å². The van der Waals surface area contributed by atoms with Gasteiger partial charge >= 0.3 is 12.1 Å². The minimum absolute atomic E-state index is 0.0321. The van der Waals surface area contributed by atoms with Gasteiger partial charge in [0.05, 0.1) is 5.92 Å².